The van der Waals surface area contributed by atoms with Crippen LogP contribution in [0.4, 0.5) is 10.5 Å². The van der Waals surface area contributed by atoms with Gasteiger partial charge >= 0.3 is 12.1 Å². The van der Waals surface area contributed by atoms with E-state index in [1.807, 2.05) is 13.8 Å². The van der Waals surface area contributed by atoms with Gasteiger partial charge in [-0.15, -0.1) is 0 Å². The predicted molar refractivity (Wildman–Crippen MR) is 88.1 cm³/mol. The molecule has 0 saturated heterocycles. The van der Waals surface area contributed by atoms with Crippen LogP contribution < -0.4 is 10.6 Å². The van der Waals surface area contributed by atoms with Gasteiger partial charge in [0.05, 0.1) is 0 Å². The van der Waals surface area contributed by atoms with Gasteiger partial charge < -0.3 is 15.2 Å². The maximum absolute atomic E-state index is 11.9. The lowest BCUT2D eigenvalue weighted by molar-refractivity contribution is -0.139. The summed E-state index contributed by atoms with van der Waals surface area (Å²) in [7, 11) is 0. The lowest BCUT2D eigenvalue weighted by atomic mass is 10.1. The minimum Gasteiger partial charge on any atom is -0.480 e. The number of ether oxygens (including phenoxy) is 1. The molecule has 1 rings (SSSR count). The summed E-state index contributed by atoms with van der Waals surface area (Å²) >= 11 is 3.28. The summed E-state index contributed by atoms with van der Waals surface area (Å²) in [5.74, 6) is -1.70. The van der Waals surface area contributed by atoms with E-state index in [0.29, 0.717) is 12.1 Å². The molecule has 0 aliphatic carbocycles. The van der Waals surface area contributed by atoms with Crippen LogP contribution in [0.5, 0.6) is 0 Å². The van der Waals surface area contributed by atoms with Crippen LogP contribution in [0.2, 0.25) is 0 Å². The van der Waals surface area contributed by atoms with Crippen molar-refractivity contribution < 1.29 is 24.2 Å². The SMILES string of the molecule is CC(C)CC(OC(=O)Nc1ccc(Br)cc1)C(=O)NCC(=O)O. The highest BCUT2D eigenvalue weighted by Gasteiger charge is 2.24. The van der Waals surface area contributed by atoms with Gasteiger partial charge in [0.25, 0.3) is 5.91 Å². The molecule has 0 aliphatic heterocycles. The van der Waals surface area contributed by atoms with Crippen LogP contribution in [0.3, 0.4) is 0 Å². The molecule has 23 heavy (non-hydrogen) atoms. The number of rotatable bonds is 7. The van der Waals surface area contributed by atoms with Crippen LogP contribution in [-0.4, -0.2) is 35.7 Å². The lowest BCUT2D eigenvalue weighted by Crippen LogP contribution is -2.41. The third kappa shape index (κ3) is 7.64. The highest BCUT2D eigenvalue weighted by molar-refractivity contribution is 9.10. The summed E-state index contributed by atoms with van der Waals surface area (Å²) in [5, 5.41) is 13.3. The fourth-order valence-electron chi connectivity index (χ4n) is 1.72. The Balaban J connectivity index is 2.64. The Labute approximate surface area is 142 Å². The van der Waals surface area contributed by atoms with E-state index in [1.165, 1.54) is 0 Å². The van der Waals surface area contributed by atoms with Crippen LogP contribution in [-0.2, 0) is 14.3 Å². The smallest absolute Gasteiger partial charge is 0.412 e. The number of hydrogen-bond donors (Lipinski definition) is 3. The van der Waals surface area contributed by atoms with E-state index in [4.69, 9.17) is 9.84 Å². The number of halogens is 1. The molecule has 0 aliphatic rings. The van der Waals surface area contributed by atoms with Gasteiger partial charge in [-0.3, -0.25) is 14.9 Å². The zero-order chi connectivity index (χ0) is 17.4. The number of benzene rings is 1. The fourth-order valence-corrected chi connectivity index (χ4v) is 1.99. The van der Waals surface area contributed by atoms with E-state index < -0.39 is 30.6 Å². The van der Waals surface area contributed by atoms with Crippen LogP contribution >= 0.6 is 15.9 Å². The molecular formula is C15H19BrN2O5. The largest absolute Gasteiger partial charge is 0.480 e. The summed E-state index contributed by atoms with van der Waals surface area (Å²) in [6.07, 6.45) is -1.53. The Morgan fingerprint density at radius 1 is 1.22 bits per heavy atom. The van der Waals surface area contributed by atoms with Gasteiger partial charge in [-0.05, 0) is 36.6 Å². The second-order valence-corrected chi connectivity index (χ2v) is 6.18. The number of carbonyl (C=O) groups is 3. The van der Waals surface area contributed by atoms with Gasteiger partial charge in [0.2, 0.25) is 0 Å². The Morgan fingerprint density at radius 3 is 2.35 bits per heavy atom. The first-order valence-corrected chi connectivity index (χ1v) is 7.80. The normalized spacial score (nSPS) is 11.7. The molecule has 126 valence electrons. The molecule has 2 amide bonds. The molecule has 0 saturated carbocycles. The Kier molecular flexibility index (Phi) is 7.53. The van der Waals surface area contributed by atoms with E-state index in [0.717, 1.165) is 4.47 Å². The van der Waals surface area contributed by atoms with E-state index in [2.05, 4.69) is 26.6 Å². The summed E-state index contributed by atoms with van der Waals surface area (Å²) in [6.45, 7) is 3.21. The minimum absolute atomic E-state index is 0.0936. The number of nitrogens with one attached hydrogen (secondary N) is 2. The van der Waals surface area contributed by atoms with E-state index >= 15 is 0 Å². The number of hydrogen-bond acceptors (Lipinski definition) is 4. The number of aliphatic carboxylic acids is 1. The van der Waals surface area contributed by atoms with Crippen molar-refractivity contribution in [3.8, 4) is 0 Å². The predicted octanol–water partition coefficient (Wildman–Crippen LogP) is 2.61. The van der Waals surface area contributed by atoms with Crippen molar-refractivity contribution in [3.63, 3.8) is 0 Å². The quantitative estimate of drug-likeness (QED) is 0.667. The maximum atomic E-state index is 11.9. The lowest BCUT2D eigenvalue weighted by Gasteiger charge is -2.19. The molecule has 0 aromatic heterocycles. The molecule has 0 bridgehead atoms. The zero-order valence-corrected chi connectivity index (χ0v) is 14.4. The first-order valence-electron chi connectivity index (χ1n) is 7.00. The van der Waals surface area contributed by atoms with Gasteiger partial charge in [0, 0.05) is 10.2 Å². The monoisotopic (exact) mass is 386 g/mol. The van der Waals surface area contributed by atoms with Crippen molar-refractivity contribution in [2.45, 2.75) is 26.4 Å². The van der Waals surface area contributed by atoms with Crippen molar-refractivity contribution in [1.29, 1.82) is 0 Å². The molecule has 0 radical (unpaired) electrons. The molecule has 0 spiro atoms. The molecular weight excluding hydrogens is 368 g/mol. The fraction of sp³-hybridized carbons (Fsp3) is 0.400. The second-order valence-electron chi connectivity index (χ2n) is 5.27. The highest BCUT2D eigenvalue weighted by Crippen LogP contribution is 2.15. The Bertz CT molecular complexity index is 559. The molecule has 0 fully saturated rings. The standard InChI is InChI=1S/C15H19BrN2O5/c1-9(2)7-12(14(21)17-8-13(19)20)23-15(22)18-11-5-3-10(16)4-6-11/h3-6,9,12H,7-8H2,1-2H3,(H,17,21)(H,18,22)(H,19,20). The molecule has 8 heteroatoms. The second kappa shape index (κ2) is 9.14. The third-order valence-corrected chi connectivity index (χ3v) is 3.26. The first kappa shape index (κ1) is 19.0. The zero-order valence-electron chi connectivity index (χ0n) is 12.8. The number of carboxylic acid groups (broad SMARTS) is 1. The molecule has 1 aromatic carbocycles. The van der Waals surface area contributed by atoms with Gasteiger partial charge in [0.15, 0.2) is 6.10 Å². The summed E-state index contributed by atoms with van der Waals surface area (Å²) in [4.78, 5) is 34.3. The van der Waals surface area contributed by atoms with E-state index in [1.54, 1.807) is 24.3 Å². The summed E-state index contributed by atoms with van der Waals surface area (Å²) in [6, 6.07) is 6.85. The highest BCUT2D eigenvalue weighted by atomic mass is 79.9. The van der Waals surface area contributed by atoms with Crippen molar-refractivity contribution in [1.82, 2.24) is 5.32 Å². The summed E-state index contributed by atoms with van der Waals surface area (Å²) < 4.78 is 5.99. The number of amides is 2. The van der Waals surface area contributed by atoms with Crippen molar-refractivity contribution in [3.05, 3.63) is 28.7 Å². The molecule has 0 heterocycles. The average Bonchev–Trinajstić information content (AvgIpc) is 2.46. The topological polar surface area (TPSA) is 105 Å². The molecule has 1 unspecified atom stereocenters. The molecule has 1 aromatic rings. The van der Waals surface area contributed by atoms with Crippen molar-refractivity contribution in [2.75, 3.05) is 11.9 Å². The molecule has 3 N–H and O–H groups in total. The maximum Gasteiger partial charge on any atom is 0.412 e. The number of carbonyl (C=O) groups excluding carboxylic acids is 2. The van der Waals surface area contributed by atoms with Crippen molar-refractivity contribution in [2.24, 2.45) is 5.92 Å². The van der Waals surface area contributed by atoms with Gasteiger partial charge in [-0.1, -0.05) is 29.8 Å². The van der Waals surface area contributed by atoms with E-state index in [9.17, 15) is 14.4 Å². The Hall–Kier alpha value is -2.09. The molecule has 7 nitrogen and oxygen atoms in total. The molecule has 1 atom stereocenters. The summed E-state index contributed by atoms with van der Waals surface area (Å²) in [5.41, 5.74) is 0.521. The third-order valence-electron chi connectivity index (χ3n) is 2.73. The van der Waals surface area contributed by atoms with Crippen molar-refractivity contribution >= 4 is 39.6 Å². The average molecular weight is 387 g/mol. The van der Waals surface area contributed by atoms with E-state index in [-0.39, 0.29) is 5.92 Å². The van der Waals surface area contributed by atoms with Gasteiger partial charge in [0.1, 0.15) is 6.54 Å². The van der Waals surface area contributed by atoms with Gasteiger partial charge in [-0.2, -0.15) is 0 Å². The van der Waals surface area contributed by atoms with Crippen LogP contribution in [0, 0.1) is 5.92 Å². The number of carboxylic acids is 1. The van der Waals surface area contributed by atoms with Gasteiger partial charge in [-0.25, -0.2) is 4.79 Å². The number of anilines is 1. The van der Waals surface area contributed by atoms with Crippen LogP contribution in [0.15, 0.2) is 28.7 Å². The van der Waals surface area contributed by atoms with Crippen LogP contribution in [0.25, 0.3) is 0 Å². The van der Waals surface area contributed by atoms with Crippen LogP contribution in [0.1, 0.15) is 20.3 Å². The minimum atomic E-state index is -1.17. The first-order chi connectivity index (χ1) is 10.8. The Morgan fingerprint density at radius 2 is 1.83 bits per heavy atom.